The molecule has 2 atom stereocenters. The van der Waals surface area contributed by atoms with Crippen LogP contribution in [0.5, 0.6) is 0 Å². The van der Waals surface area contributed by atoms with Crippen molar-refractivity contribution >= 4 is 17.2 Å². The molecule has 1 fully saturated rings. The van der Waals surface area contributed by atoms with Crippen LogP contribution in [0.25, 0.3) is 21.8 Å². The van der Waals surface area contributed by atoms with Crippen molar-refractivity contribution in [1.82, 2.24) is 30.0 Å². The number of carbonyl (C=O) groups is 1. The zero-order valence-corrected chi connectivity index (χ0v) is 18.0. The molecule has 1 aliphatic rings. The molecule has 1 saturated heterocycles. The van der Waals surface area contributed by atoms with Gasteiger partial charge < -0.3 is 10.1 Å². The molecule has 0 saturated carbocycles. The molecule has 0 radical (unpaired) electrons. The SMILES string of the molecule is C[C@@H]1CN(CC(=O)NCCn2ncc(-c3cnccn3)c2-c2cccs2)C[C@H](C)O1. The normalized spacial score (nSPS) is 19.7. The van der Waals surface area contributed by atoms with E-state index in [1.165, 1.54) is 0 Å². The van der Waals surface area contributed by atoms with Gasteiger partial charge in [0.15, 0.2) is 0 Å². The van der Waals surface area contributed by atoms with Crippen molar-refractivity contribution in [2.45, 2.75) is 32.6 Å². The summed E-state index contributed by atoms with van der Waals surface area (Å²) in [6, 6.07) is 4.08. The molecule has 8 nitrogen and oxygen atoms in total. The maximum atomic E-state index is 12.4. The van der Waals surface area contributed by atoms with E-state index in [1.807, 2.05) is 36.2 Å². The highest BCUT2D eigenvalue weighted by Gasteiger charge is 2.23. The van der Waals surface area contributed by atoms with Crippen molar-refractivity contribution in [2.75, 3.05) is 26.2 Å². The summed E-state index contributed by atoms with van der Waals surface area (Å²) in [4.78, 5) is 24.3. The molecule has 1 amide bonds. The lowest BCUT2D eigenvalue weighted by atomic mass is 10.1. The third kappa shape index (κ3) is 4.92. The zero-order chi connectivity index (χ0) is 20.9. The Morgan fingerprint density at radius 2 is 2.10 bits per heavy atom. The molecule has 9 heteroatoms. The predicted molar refractivity (Wildman–Crippen MR) is 116 cm³/mol. The number of carbonyl (C=O) groups excluding carboxylic acids is 1. The van der Waals surface area contributed by atoms with Gasteiger partial charge in [-0.05, 0) is 25.3 Å². The minimum atomic E-state index is 0.0234. The Morgan fingerprint density at radius 3 is 2.80 bits per heavy atom. The summed E-state index contributed by atoms with van der Waals surface area (Å²) in [5.41, 5.74) is 2.72. The fourth-order valence-corrected chi connectivity index (χ4v) is 4.62. The molecular formula is C21H26N6O2S. The van der Waals surface area contributed by atoms with Crippen LogP contribution in [0.3, 0.4) is 0 Å². The van der Waals surface area contributed by atoms with E-state index in [0.29, 0.717) is 19.6 Å². The molecule has 4 heterocycles. The first-order chi connectivity index (χ1) is 14.6. The molecule has 0 aromatic carbocycles. The first-order valence-electron chi connectivity index (χ1n) is 10.1. The maximum absolute atomic E-state index is 12.4. The number of hydrogen-bond donors (Lipinski definition) is 1. The largest absolute Gasteiger partial charge is 0.373 e. The van der Waals surface area contributed by atoms with E-state index in [1.54, 1.807) is 29.9 Å². The summed E-state index contributed by atoms with van der Waals surface area (Å²) >= 11 is 1.65. The summed E-state index contributed by atoms with van der Waals surface area (Å²) in [7, 11) is 0. The van der Waals surface area contributed by atoms with E-state index in [2.05, 4.69) is 31.3 Å². The third-order valence-corrected chi connectivity index (χ3v) is 5.82. The Bertz CT molecular complexity index is 949. The molecular weight excluding hydrogens is 400 g/mol. The van der Waals surface area contributed by atoms with Gasteiger partial charge in [-0.1, -0.05) is 6.07 Å². The lowest BCUT2D eigenvalue weighted by molar-refractivity contribution is -0.126. The van der Waals surface area contributed by atoms with E-state index >= 15 is 0 Å². The minimum Gasteiger partial charge on any atom is -0.373 e. The van der Waals surface area contributed by atoms with Crippen molar-refractivity contribution in [3.05, 3.63) is 42.3 Å². The lowest BCUT2D eigenvalue weighted by Gasteiger charge is -2.34. The number of aromatic nitrogens is 4. The molecule has 0 spiro atoms. The number of hydrogen-bond acceptors (Lipinski definition) is 7. The Morgan fingerprint density at radius 1 is 1.27 bits per heavy atom. The molecule has 0 unspecified atom stereocenters. The number of thiophene rings is 1. The van der Waals surface area contributed by atoms with Crippen LogP contribution < -0.4 is 5.32 Å². The standard InChI is InChI=1S/C21H26N6O2S/c1-15-12-26(13-16(2)29-15)14-20(28)24-7-8-27-21(19-4-3-9-30-19)17(10-25-27)18-11-22-5-6-23-18/h3-6,9-11,15-16H,7-8,12-14H2,1-2H3,(H,24,28)/t15-,16+. The molecule has 0 bridgehead atoms. The second-order valence-electron chi connectivity index (χ2n) is 7.50. The number of rotatable bonds is 7. The van der Waals surface area contributed by atoms with Gasteiger partial charge in [0.05, 0.1) is 54.0 Å². The van der Waals surface area contributed by atoms with Crippen molar-refractivity contribution in [2.24, 2.45) is 0 Å². The molecule has 3 aromatic rings. The Labute approximate surface area is 179 Å². The first kappa shape index (κ1) is 20.6. The smallest absolute Gasteiger partial charge is 0.234 e. The molecule has 0 aliphatic carbocycles. The van der Waals surface area contributed by atoms with Crippen molar-refractivity contribution in [1.29, 1.82) is 0 Å². The summed E-state index contributed by atoms with van der Waals surface area (Å²) in [6.45, 7) is 7.11. The number of ether oxygens (including phenoxy) is 1. The van der Waals surface area contributed by atoms with Crippen LogP contribution in [-0.4, -0.2) is 68.9 Å². The number of nitrogens with one attached hydrogen (secondary N) is 1. The van der Waals surface area contributed by atoms with E-state index in [-0.39, 0.29) is 18.1 Å². The van der Waals surface area contributed by atoms with Crippen molar-refractivity contribution in [3.8, 4) is 21.8 Å². The molecule has 1 aliphatic heterocycles. The highest BCUT2D eigenvalue weighted by atomic mass is 32.1. The molecule has 158 valence electrons. The van der Waals surface area contributed by atoms with Gasteiger partial charge in [-0.25, -0.2) is 0 Å². The van der Waals surface area contributed by atoms with Crippen LogP contribution in [-0.2, 0) is 16.1 Å². The summed E-state index contributed by atoms with van der Waals surface area (Å²) in [5.74, 6) is 0.0234. The first-order valence-corrected chi connectivity index (χ1v) is 11.0. The predicted octanol–water partition coefficient (Wildman–Crippen LogP) is 2.29. The Kier molecular flexibility index (Phi) is 6.51. The second-order valence-corrected chi connectivity index (χ2v) is 8.45. The molecule has 4 rings (SSSR count). The van der Waals surface area contributed by atoms with E-state index in [9.17, 15) is 4.79 Å². The summed E-state index contributed by atoms with van der Waals surface area (Å²) in [6.07, 6.45) is 7.20. The van der Waals surface area contributed by atoms with Crippen LogP contribution in [0.2, 0.25) is 0 Å². The third-order valence-electron chi connectivity index (χ3n) is 4.94. The molecule has 30 heavy (non-hydrogen) atoms. The average Bonchev–Trinajstić information content (AvgIpc) is 3.37. The van der Waals surface area contributed by atoms with Gasteiger partial charge in [0.25, 0.3) is 0 Å². The van der Waals surface area contributed by atoms with Crippen LogP contribution >= 0.6 is 11.3 Å². The summed E-state index contributed by atoms with van der Waals surface area (Å²) in [5, 5.41) is 9.62. The van der Waals surface area contributed by atoms with Gasteiger partial charge in [0.2, 0.25) is 5.91 Å². The molecule has 1 N–H and O–H groups in total. The zero-order valence-electron chi connectivity index (χ0n) is 17.2. The van der Waals surface area contributed by atoms with Crippen molar-refractivity contribution in [3.63, 3.8) is 0 Å². The fraction of sp³-hybridized carbons (Fsp3) is 0.429. The topological polar surface area (TPSA) is 85.2 Å². The number of amides is 1. The Balaban J connectivity index is 1.40. The average molecular weight is 427 g/mol. The van der Waals surface area contributed by atoms with E-state index in [4.69, 9.17) is 4.74 Å². The van der Waals surface area contributed by atoms with Gasteiger partial charge in [-0.15, -0.1) is 11.3 Å². The number of nitrogens with zero attached hydrogens (tertiary/aromatic N) is 5. The number of morpholine rings is 1. The fourth-order valence-electron chi connectivity index (χ4n) is 3.83. The van der Waals surface area contributed by atoms with Crippen molar-refractivity contribution < 1.29 is 9.53 Å². The lowest BCUT2D eigenvalue weighted by Crippen LogP contribution is -2.49. The minimum absolute atomic E-state index is 0.0234. The highest BCUT2D eigenvalue weighted by Crippen LogP contribution is 2.33. The van der Waals surface area contributed by atoms with Gasteiger partial charge >= 0.3 is 0 Å². The summed E-state index contributed by atoms with van der Waals surface area (Å²) < 4.78 is 7.66. The van der Waals surface area contributed by atoms with Crippen LogP contribution in [0.15, 0.2) is 42.3 Å². The quantitative estimate of drug-likeness (QED) is 0.624. The second kappa shape index (κ2) is 9.46. The Hall–Kier alpha value is -2.62. The van der Waals surface area contributed by atoms with Crippen LogP contribution in [0.4, 0.5) is 0 Å². The van der Waals surface area contributed by atoms with Crippen LogP contribution in [0.1, 0.15) is 13.8 Å². The molecule has 3 aromatic heterocycles. The van der Waals surface area contributed by atoms with Gasteiger partial charge in [-0.3, -0.25) is 24.3 Å². The van der Waals surface area contributed by atoms with Crippen LogP contribution in [0, 0.1) is 0 Å². The monoisotopic (exact) mass is 426 g/mol. The van der Waals surface area contributed by atoms with Gasteiger partial charge in [0.1, 0.15) is 0 Å². The van der Waals surface area contributed by atoms with E-state index < -0.39 is 0 Å². The maximum Gasteiger partial charge on any atom is 0.234 e. The van der Waals surface area contributed by atoms with E-state index in [0.717, 1.165) is 34.9 Å². The highest BCUT2D eigenvalue weighted by molar-refractivity contribution is 7.13. The van der Waals surface area contributed by atoms with Gasteiger partial charge in [-0.2, -0.15) is 5.10 Å². The van der Waals surface area contributed by atoms with Gasteiger partial charge in [0, 0.05) is 37.6 Å².